The molecular formula is C17H24FN3O2. The molecule has 2 atom stereocenters. The number of amides is 2. The molecule has 1 saturated heterocycles. The van der Waals surface area contributed by atoms with Crippen LogP contribution in [0.2, 0.25) is 0 Å². The monoisotopic (exact) mass is 321 g/mol. The number of hydrogen-bond donors (Lipinski definition) is 2. The van der Waals surface area contributed by atoms with Crippen molar-refractivity contribution >= 4 is 6.03 Å². The summed E-state index contributed by atoms with van der Waals surface area (Å²) >= 11 is 0. The third kappa shape index (κ3) is 3.75. The minimum Gasteiger partial charge on any atom is -0.493 e. The molecule has 2 heterocycles. The van der Waals surface area contributed by atoms with Crippen LogP contribution in [0.5, 0.6) is 5.75 Å². The van der Waals surface area contributed by atoms with Gasteiger partial charge >= 0.3 is 6.03 Å². The lowest BCUT2D eigenvalue weighted by Gasteiger charge is -2.23. The van der Waals surface area contributed by atoms with E-state index in [4.69, 9.17) is 4.74 Å². The third-order valence-electron chi connectivity index (χ3n) is 4.48. The normalized spacial score (nSPS) is 23.8. The molecule has 2 aliphatic rings. The van der Waals surface area contributed by atoms with Gasteiger partial charge in [0.15, 0.2) is 0 Å². The predicted molar refractivity (Wildman–Crippen MR) is 86.1 cm³/mol. The molecule has 0 saturated carbocycles. The molecule has 3 rings (SSSR count). The summed E-state index contributed by atoms with van der Waals surface area (Å²) in [5.74, 6) is 0.524. The van der Waals surface area contributed by atoms with Crippen LogP contribution in [-0.2, 0) is 0 Å². The number of urea groups is 1. The Morgan fingerprint density at radius 3 is 3.13 bits per heavy atom. The zero-order chi connectivity index (χ0) is 16.2. The summed E-state index contributed by atoms with van der Waals surface area (Å²) in [4.78, 5) is 13.7. The molecule has 0 radical (unpaired) electrons. The average Bonchev–Trinajstić information content (AvgIpc) is 2.91. The smallest absolute Gasteiger partial charge is 0.317 e. The van der Waals surface area contributed by atoms with E-state index in [2.05, 4.69) is 10.6 Å². The lowest BCUT2D eigenvalue weighted by atomic mass is 10.0. The maximum atomic E-state index is 13.6. The number of nitrogens with zero attached hydrogens (tertiary/aromatic N) is 1. The fourth-order valence-corrected chi connectivity index (χ4v) is 3.35. The van der Waals surface area contributed by atoms with Crippen LogP contribution in [-0.4, -0.2) is 43.2 Å². The first-order chi connectivity index (χ1) is 11.2. The lowest BCUT2D eigenvalue weighted by molar-refractivity contribution is 0.208. The predicted octanol–water partition coefficient (Wildman–Crippen LogP) is 2.43. The summed E-state index contributed by atoms with van der Waals surface area (Å²) in [6.45, 7) is 4.66. The van der Waals surface area contributed by atoms with Gasteiger partial charge in [-0.2, -0.15) is 0 Å². The molecule has 126 valence electrons. The molecule has 1 fully saturated rings. The Morgan fingerprint density at radius 1 is 1.43 bits per heavy atom. The van der Waals surface area contributed by atoms with Gasteiger partial charge in [-0.25, -0.2) is 9.18 Å². The number of rotatable bonds is 3. The van der Waals surface area contributed by atoms with Crippen LogP contribution >= 0.6 is 0 Å². The van der Waals surface area contributed by atoms with E-state index in [9.17, 15) is 9.18 Å². The maximum Gasteiger partial charge on any atom is 0.317 e. The first kappa shape index (κ1) is 16.1. The fourth-order valence-electron chi connectivity index (χ4n) is 3.35. The van der Waals surface area contributed by atoms with Gasteiger partial charge in [0.1, 0.15) is 11.6 Å². The van der Waals surface area contributed by atoms with Gasteiger partial charge in [-0.15, -0.1) is 0 Å². The molecule has 6 heteroatoms. The van der Waals surface area contributed by atoms with Crippen LogP contribution in [0.25, 0.3) is 0 Å². The highest BCUT2D eigenvalue weighted by molar-refractivity contribution is 5.74. The van der Waals surface area contributed by atoms with E-state index in [1.165, 1.54) is 6.07 Å². The summed E-state index contributed by atoms with van der Waals surface area (Å²) in [6.07, 6.45) is 2.76. The molecule has 1 aromatic rings. The van der Waals surface area contributed by atoms with Crippen molar-refractivity contribution in [2.75, 3.05) is 26.2 Å². The second kappa shape index (κ2) is 7.17. The number of ether oxygens (including phenoxy) is 1. The number of carbonyl (C=O) groups excluding carboxylic acids is 1. The minimum atomic E-state index is -0.239. The van der Waals surface area contributed by atoms with Crippen LogP contribution in [0.15, 0.2) is 18.2 Å². The molecule has 0 bridgehead atoms. The average molecular weight is 321 g/mol. The molecule has 1 aromatic carbocycles. The summed E-state index contributed by atoms with van der Waals surface area (Å²) in [7, 11) is 0. The Bertz CT molecular complexity index is 567. The minimum absolute atomic E-state index is 0.00700. The van der Waals surface area contributed by atoms with Gasteiger partial charge in [-0.05, 0) is 44.4 Å². The van der Waals surface area contributed by atoms with Crippen LogP contribution in [0.1, 0.15) is 37.8 Å². The molecule has 23 heavy (non-hydrogen) atoms. The van der Waals surface area contributed by atoms with Crippen LogP contribution in [0, 0.1) is 5.82 Å². The van der Waals surface area contributed by atoms with Gasteiger partial charge in [0, 0.05) is 37.3 Å². The fraction of sp³-hybridized carbons (Fsp3) is 0.588. The van der Waals surface area contributed by atoms with Gasteiger partial charge < -0.3 is 20.3 Å². The highest BCUT2D eigenvalue weighted by atomic mass is 19.1. The van der Waals surface area contributed by atoms with Crippen molar-refractivity contribution in [2.45, 2.75) is 38.3 Å². The second-order valence-electron chi connectivity index (χ2n) is 6.16. The Labute approximate surface area is 136 Å². The lowest BCUT2D eigenvalue weighted by Crippen LogP contribution is -2.41. The molecule has 2 N–H and O–H groups in total. The number of halogens is 1. The van der Waals surface area contributed by atoms with Gasteiger partial charge in [-0.1, -0.05) is 0 Å². The van der Waals surface area contributed by atoms with Crippen molar-refractivity contribution in [1.82, 2.24) is 15.5 Å². The number of carbonyl (C=O) groups is 1. The SMILES string of the molecule is CCNC(=O)N1CC[C@@H](N[C@H]2CCCOc3ccc(F)cc32)C1. The summed E-state index contributed by atoms with van der Waals surface area (Å²) in [5, 5.41) is 6.43. The summed E-state index contributed by atoms with van der Waals surface area (Å²) in [6, 6.07) is 5.01. The number of likely N-dealkylation sites (tertiary alicyclic amines) is 1. The Hall–Kier alpha value is -1.82. The summed E-state index contributed by atoms with van der Waals surface area (Å²) in [5.41, 5.74) is 0.888. The van der Waals surface area contributed by atoms with Gasteiger partial charge in [-0.3, -0.25) is 0 Å². The van der Waals surface area contributed by atoms with Gasteiger partial charge in [0.25, 0.3) is 0 Å². The van der Waals surface area contributed by atoms with Gasteiger partial charge in [0.2, 0.25) is 0 Å². The molecule has 0 aliphatic carbocycles. The van der Waals surface area contributed by atoms with E-state index in [0.29, 0.717) is 19.7 Å². The van der Waals surface area contributed by atoms with Crippen LogP contribution < -0.4 is 15.4 Å². The quantitative estimate of drug-likeness (QED) is 0.899. The largest absolute Gasteiger partial charge is 0.493 e. The molecule has 0 unspecified atom stereocenters. The van der Waals surface area contributed by atoms with Crippen LogP contribution in [0.3, 0.4) is 0 Å². The highest BCUT2D eigenvalue weighted by Gasteiger charge is 2.29. The van der Waals surface area contributed by atoms with Crippen molar-refractivity contribution in [1.29, 1.82) is 0 Å². The first-order valence-electron chi connectivity index (χ1n) is 8.38. The third-order valence-corrected chi connectivity index (χ3v) is 4.48. The van der Waals surface area contributed by atoms with Crippen molar-refractivity contribution in [3.05, 3.63) is 29.6 Å². The van der Waals surface area contributed by atoms with Crippen molar-refractivity contribution in [2.24, 2.45) is 0 Å². The number of hydrogen-bond acceptors (Lipinski definition) is 3. The second-order valence-corrected chi connectivity index (χ2v) is 6.16. The topological polar surface area (TPSA) is 53.6 Å². The summed E-state index contributed by atoms with van der Waals surface area (Å²) < 4.78 is 19.3. The standard InChI is InChI=1S/C17H24FN3O2/c1-2-19-17(22)21-8-7-13(11-21)20-15-4-3-9-23-16-6-5-12(18)10-14(15)16/h5-6,10,13,15,20H,2-4,7-9,11H2,1H3,(H,19,22)/t13-,15+/m1/s1. The van der Waals surface area contributed by atoms with E-state index in [1.54, 1.807) is 12.1 Å². The molecule has 5 nitrogen and oxygen atoms in total. The molecule has 2 amide bonds. The Morgan fingerprint density at radius 2 is 2.30 bits per heavy atom. The van der Waals surface area contributed by atoms with Crippen molar-refractivity contribution < 1.29 is 13.9 Å². The maximum absolute atomic E-state index is 13.6. The Balaban J connectivity index is 1.67. The van der Waals surface area contributed by atoms with Crippen LogP contribution in [0.4, 0.5) is 9.18 Å². The number of benzene rings is 1. The molecule has 0 aromatic heterocycles. The Kier molecular flexibility index (Phi) is 5.00. The highest BCUT2D eigenvalue weighted by Crippen LogP contribution is 2.33. The van der Waals surface area contributed by atoms with Gasteiger partial charge in [0.05, 0.1) is 6.61 Å². The van der Waals surface area contributed by atoms with E-state index < -0.39 is 0 Å². The zero-order valence-electron chi connectivity index (χ0n) is 13.5. The first-order valence-corrected chi connectivity index (χ1v) is 8.38. The van der Waals surface area contributed by atoms with Crippen molar-refractivity contribution in [3.8, 4) is 5.75 Å². The number of fused-ring (bicyclic) bond motifs is 1. The van der Waals surface area contributed by atoms with E-state index in [1.807, 2.05) is 11.8 Å². The van der Waals surface area contributed by atoms with E-state index in [0.717, 1.165) is 37.1 Å². The van der Waals surface area contributed by atoms with Crippen molar-refractivity contribution in [3.63, 3.8) is 0 Å². The number of nitrogens with one attached hydrogen (secondary N) is 2. The molecule has 0 spiro atoms. The molecule has 2 aliphatic heterocycles. The molecular weight excluding hydrogens is 297 g/mol. The zero-order valence-corrected chi connectivity index (χ0v) is 13.5. The van der Waals surface area contributed by atoms with E-state index in [-0.39, 0.29) is 23.9 Å². The van der Waals surface area contributed by atoms with E-state index >= 15 is 0 Å².